The van der Waals surface area contributed by atoms with Gasteiger partial charge in [-0.3, -0.25) is 0 Å². The van der Waals surface area contributed by atoms with Crippen molar-refractivity contribution in [2.24, 2.45) is 0 Å². The SMILES string of the molecule is OCCCc1cn(Cc2ccc(Br)o2)nn1. The van der Waals surface area contributed by atoms with Crippen LogP contribution in [0.3, 0.4) is 0 Å². The van der Waals surface area contributed by atoms with Crippen LogP contribution in [0.15, 0.2) is 27.4 Å². The minimum atomic E-state index is 0.179. The molecule has 1 N–H and O–H groups in total. The third-order valence-electron chi connectivity index (χ3n) is 2.12. The fraction of sp³-hybridized carbons (Fsp3) is 0.400. The molecule has 0 bridgehead atoms. The Morgan fingerprint density at radius 1 is 1.44 bits per heavy atom. The lowest BCUT2D eigenvalue weighted by molar-refractivity contribution is 0.288. The van der Waals surface area contributed by atoms with E-state index in [4.69, 9.17) is 9.52 Å². The summed E-state index contributed by atoms with van der Waals surface area (Å²) in [6, 6.07) is 3.73. The first-order chi connectivity index (χ1) is 7.78. The van der Waals surface area contributed by atoms with Crippen LogP contribution in [-0.2, 0) is 13.0 Å². The standard InChI is InChI=1S/C10H12BrN3O2/c11-10-4-3-9(16-10)7-14-6-8(12-13-14)2-1-5-15/h3-4,6,15H,1-2,5,7H2. The highest BCUT2D eigenvalue weighted by atomic mass is 79.9. The van der Waals surface area contributed by atoms with Gasteiger partial charge in [0, 0.05) is 12.8 Å². The van der Waals surface area contributed by atoms with E-state index < -0.39 is 0 Å². The molecule has 2 aromatic rings. The molecule has 2 heterocycles. The Morgan fingerprint density at radius 3 is 3.00 bits per heavy atom. The van der Waals surface area contributed by atoms with Crippen molar-refractivity contribution < 1.29 is 9.52 Å². The van der Waals surface area contributed by atoms with Crippen molar-refractivity contribution in [2.75, 3.05) is 6.61 Å². The molecule has 0 aliphatic carbocycles. The van der Waals surface area contributed by atoms with Crippen LogP contribution in [0, 0.1) is 0 Å². The molecule has 5 nitrogen and oxygen atoms in total. The average Bonchev–Trinajstić information content (AvgIpc) is 2.86. The topological polar surface area (TPSA) is 64.1 Å². The van der Waals surface area contributed by atoms with Crippen molar-refractivity contribution in [3.05, 3.63) is 34.5 Å². The molecule has 86 valence electrons. The number of halogens is 1. The number of rotatable bonds is 5. The van der Waals surface area contributed by atoms with E-state index in [2.05, 4.69) is 26.2 Å². The van der Waals surface area contributed by atoms with Crippen LogP contribution >= 0.6 is 15.9 Å². The van der Waals surface area contributed by atoms with Gasteiger partial charge in [0.05, 0.1) is 5.69 Å². The van der Waals surface area contributed by atoms with Gasteiger partial charge < -0.3 is 9.52 Å². The second kappa shape index (κ2) is 5.27. The largest absolute Gasteiger partial charge is 0.452 e. The van der Waals surface area contributed by atoms with Gasteiger partial charge in [-0.05, 0) is 40.9 Å². The molecule has 0 spiro atoms. The number of aliphatic hydroxyl groups is 1. The number of hydrogen-bond donors (Lipinski definition) is 1. The second-order valence-electron chi connectivity index (χ2n) is 3.44. The van der Waals surface area contributed by atoms with Crippen molar-refractivity contribution in [1.29, 1.82) is 0 Å². The summed E-state index contributed by atoms with van der Waals surface area (Å²) in [5, 5.41) is 16.7. The molecular formula is C10H12BrN3O2. The first-order valence-electron chi connectivity index (χ1n) is 5.02. The van der Waals surface area contributed by atoms with E-state index in [-0.39, 0.29) is 6.61 Å². The van der Waals surface area contributed by atoms with Crippen LogP contribution in [0.1, 0.15) is 17.9 Å². The summed E-state index contributed by atoms with van der Waals surface area (Å²) >= 11 is 3.25. The minimum Gasteiger partial charge on any atom is -0.452 e. The second-order valence-corrected chi connectivity index (χ2v) is 4.22. The molecule has 0 atom stereocenters. The van der Waals surface area contributed by atoms with Gasteiger partial charge in [0.2, 0.25) is 0 Å². The molecular weight excluding hydrogens is 274 g/mol. The molecule has 0 amide bonds. The lowest BCUT2D eigenvalue weighted by Gasteiger charge is -1.95. The maximum absolute atomic E-state index is 8.70. The van der Waals surface area contributed by atoms with Gasteiger partial charge in [-0.25, -0.2) is 4.68 Å². The Hall–Kier alpha value is -1.14. The number of furan rings is 1. The highest BCUT2D eigenvalue weighted by Crippen LogP contribution is 2.14. The van der Waals surface area contributed by atoms with Crippen LogP contribution in [0.5, 0.6) is 0 Å². The van der Waals surface area contributed by atoms with Crippen molar-refractivity contribution in [2.45, 2.75) is 19.4 Å². The van der Waals surface area contributed by atoms with Gasteiger partial charge in [0.15, 0.2) is 4.67 Å². The molecule has 0 unspecified atom stereocenters. The fourth-order valence-corrected chi connectivity index (χ4v) is 1.73. The molecule has 2 rings (SSSR count). The van der Waals surface area contributed by atoms with Gasteiger partial charge in [0.1, 0.15) is 12.3 Å². The van der Waals surface area contributed by atoms with E-state index in [1.807, 2.05) is 18.3 Å². The van der Waals surface area contributed by atoms with Crippen molar-refractivity contribution in [3.63, 3.8) is 0 Å². The molecule has 0 saturated heterocycles. The normalized spacial score (nSPS) is 10.9. The summed E-state index contributed by atoms with van der Waals surface area (Å²) in [4.78, 5) is 0. The van der Waals surface area contributed by atoms with Crippen molar-refractivity contribution in [3.8, 4) is 0 Å². The maximum Gasteiger partial charge on any atom is 0.169 e. The zero-order valence-corrected chi connectivity index (χ0v) is 10.2. The lowest BCUT2D eigenvalue weighted by atomic mass is 10.3. The first-order valence-corrected chi connectivity index (χ1v) is 5.81. The Kier molecular flexibility index (Phi) is 3.74. The van der Waals surface area contributed by atoms with E-state index in [1.165, 1.54) is 0 Å². The number of aryl methyl sites for hydroxylation is 1. The Labute approximate surface area is 101 Å². The molecule has 2 aromatic heterocycles. The number of hydrogen-bond acceptors (Lipinski definition) is 4. The highest BCUT2D eigenvalue weighted by molar-refractivity contribution is 9.10. The quantitative estimate of drug-likeness (QED) is 0.907. The minimum absolute atomic E-state index is 0.179. The first kappa shape index (κ1) is 11.3. The summed E-state index contributed by atoms with van der Waals surface area (Å²) in [6.07, 6.45) is 3.33. The third-order valence-corrected chi connectivity index (χ3v) is 2.55. The van der Waals surface area contributed by atoms with E-state index >= 15 is 0 Å². The van der Waals surface area contributed by atoms with Crippen LogP contribution in [0.25, 0.3) is 0 Å². The van der Waals surface area contributed by atoms with E-state index in [9.17, 15) is 0 Å². The van der Waals surface area contributed by atoms with Crippen molar-refractivity contribution >= 4 is 15.9 Å². The molecule has 0 fully saturated rings. The molecule has 0 saturated carbocycles. The summed E-state index contributed by atoms with van der Waals surface area (Å²) in [5.41, 5.74) is 0.889. The molecule has 0 radical (unpaired) electrons. The van der Waals surface area contributed by atoms with Gasteiger partial charge in [-0.15, -0.1) is 5.10 Å². The number of aromatic nitrogens is 3. The summed E-state index contributed by atoms with van der Waals surface area (Å²) in [5.74, 6) is 0.825. The van der Waals surface area contributed by atoms with Crippen LogP contribution in [0.4, 0.5) is 0 Å². The van der Waals surface area contributed by atoms with Crippen LogP contribution < -0.4 is 0 Å². The van der Waals surface area contributed by atoms with Gasteiger partial charge >= 0.3 is 0 Å². The Balaban J connectivity index is 1.97. The molecule has 6 heteroatoms. The third kappa shape index (κ3) is 2.93. The molecule has 0 aromatic carbocycles. The zero-order chi connectivity index (χ0) is 11.4. The smallest absolute Gasteiger partial charge is 0.169 e. The monoisotopic (exact) mass is 285 g/mol. The highest BCUT2D eigenvalue weighted by Gasteiger charge is 2.04. The van der Waals surface area contributed by atoms with E-state index in [1.54, 1.807) is 4.68 Å². The van der Waals surface area contributed by atoms with Crippen molar-refractivity contribution in [1.82, 2.24) is 15.0 Å². The summed E-state index contributed by atoms with van der Waals surface area (Å²) in [6.45, 7) is 0.746. The molecule has 0 aliphatic rings. The number of aliphatic hydroxyl groups excluding tert-OH is 1. The van der Waals surface area contributed by atoms with Crippen LogP contribution in [0.2, 0.25) is 0 Å². The zero-order valence-electron chi connectivity index (χ0n) is 8.64. The van der Waals surface area contributed by atoms with Gasteiger partial charge in [0.25, 0.3) is 0 Å². The van der Waals surface area contributed by atoms with Gasteiger partial charge in [-0.2, -0.15) is 0 Å². The average molecular weight is 286 g/mol. The molecule has 16 heavy (non-hydrogen) atoms. The number of nitrogens with zero attached hydrogens (tertiary/aromatic N) is 3. The predicted octanol–water partition coefficient (Wildman–Crippen LogP) is 1.61. The summed E-state index contributed by atoms with van der Waals surface area (Å²) < 4.78 is 7.80. The Morgan fingerprint density at radius 2 is 2.31 bits per heavy atom. The van der Waals surface area contributed by atoms with Gasteiger partial charge in [-0.1, -0.05) is 5.21 Å². The van der Waals surface area contributed by atoms with E-state index in [0.29, 0.717) is 17.6 Å². The summed E-state index contributed by atoms with van der Waals surface area (Å²) in [7, 11) is 0. The lowest BCUT2D eigenvalue weighted by Crippen LogP contribution is -1.98. The fourth-order valence-electron chi connectivity index (χ4n) is 1.39. The van der Waals surface area contributed by atoms with Crippen LogP contribution in [-0.4, -0.2) is 26.7 Å². The maximum atomic E-state index is 8.70. The molecule has 0 aliphatic heterocycles. The van der Waals surface area contributed by atoms with E-state index in [0.717, 1.165) is 17.9 Å². The Bertz CT molecular complexity index is 452. The predicted molar refractivity (Wildman–Crippen MR) is 60.9 cm³/mol.